The first-order valence-electron chi connectivity index (χ1n) is 3.17. The van der Waals surface area contributed by atoms with Gasteiger partial charge in [0.25, 0.3) is 0 Å². The van der Waals surface area contributed by atoms with Gasteiger partial charge in [-0.15, -0.1) is 23.2 Å². The van der Waals surface area contributed by atoms with Gasteiger partial charge >= 0.3 is 0 Å². The lowest BCUT2D eigenvalue weighted by Crippen LogP contribution is -2.06. The minimum absolute atomic E-state index is 0.486. The van der Waals surface area contributed by atoms with Crippen LogP contribution in [0.5, 0.6) is 0 Å². The van der Waals surface area contributed by atoms with Gasteiger partial charge in [-0.2, -0.15) is 0 Å². The quantitative estimate of drug-likeness (QED) is 0.566. The molecule has 0 rings (SSSR count). The normalized spacial score (nSPS) is 17.3. The van der Waals surface area contributed by atoms with Crippen LogP contribution in [0, 0.1) is 18.3 Å². The summed E-state index contributed by atoms with van der Waals surface area (Å²) in [6.45, 7) is 4.19. The lowest BCUT2D eigenvalue weighted by atomic mass is 10.0. The van der Waals surface area contributed by atoms with Crippen LogP contribution in [0.1, 0.15) is 13.8 Å². The van der Waals surface area contributed by atoms with Crippen molar-refractivity contribution in [2.75, 3.05) is 11.8 Å². The Morgan fingerprint density at radius 2 is 1.44 bits per heavy atom. The molecule has 0 N–H and O–H groups in total. The van der Waals surface area contributed by atoms with E-state index in [0.717, 1.165) is 0 Å². The van der Waals surface area contributed by atoms with Crippen LogP contribution in [0.2, 0.25) is 0 Å². The molecule has 1 radical (unpaired) electrons. The molecule has 0 aromatic carbocycles. The molecule has 0 nitrogen and oxygen atoms in total. The Bertz CT molecular complexity index is 55.9. The standard InChI is InChI=1S/C7H13Cl2/c1-6(4-8)3-7(2)5-9/h3,6-7H,4-5H2,1-2H3. The van der Waals surface area contributed by atoms with Crippen molar-refractivity contribution in [3.05, 3.63) is 6.42 Å². The first-order chi connectivity index (χ1) is 4.20. The molecule has 0 aromatic rings. The van der Waals surface area contributed by atoms with Gasteiger partial charge < -0.3 is 0 Å². The summed E-state index contributed by atoms with van der Waals surface area (Å²) in [7, 11) is 0. The van der Waals surface area contributed by atoms with E-state index in [9.17, 15) is 0 Å². The number of alkyl halides is 2. The van der Waals surface area contributed by atoms with Crippen molar-refractivity contribution < 1.29 is 0 Å². The minimum atomic E-state index is 0.486. The molecule has 55 valence electrons. The fraction of sp³-hybridized carbons (Fsp3) is 0.857. The average molecular weight is 168 g/mol. The first-order valence-corrected chi connectivity index (χ1v) is 4.24. The average Bonchev–Trinajstić information content (AvgIpc) is 1.87. The third kappa shape index (κ3) is 5.05. The highest BCUT2D eigenvalue weighted by Gasteiger charge is 2.05. The van der Waals surface area contributed by atoms with Crippen molar-refractivity contribution in [3.63, 3.8) is 0 Å². The van der Waals surface area contributed by atoms with Gasteiger partial charge in [0, 0.05) is 11.8 Å². The fourth-order valence-electron chi connectivity index (χ4n) is 0.664. The molecular formula is C7H13Cl2. The third-order valence-corrected chi connectivity index (χ3v) is 2.12. The molecule has 0 fully saturated rings. The second kappa shape index (κ2) is 5.37. The van der Waals surface area contributed by atoms with E-state index in [2.05, 4.69) is 20.3 Å². The molecule has 9 heavy (non-hydrogen) atoms. The predicted molar refractivity (Wildman–Crippen MR) is 44.1 cm³/mol. The molecular weight excluding hydrogens is 155 g/mol. The van der Waals surface area contributed by atoms with E-state index >= 15 is 0 Å². The van der Waals surface area contributed by atoms with Crippen molar-refractivity contribution in [1.82, 2.24) is 0 Å². The Morgan fingerprint density at radius 3 is 1.67 bits per heavy atom. The molecule has 0 aromatic heterocycles. The highest BCUT2D eigenvalue weighted by molar-refractivity contribution is 6.18. The van der Waals surface area contributed by atoms with Crippen molar-refractivity contribution in [2.45, 2.75) is 13.8 Å². The van der Waals surface area contributed by atoms with E-state index in [-0.39, 0.29) is 0 Å². The van der Waals surface area contributed by atoms with Gasteiger partial charge in [-0.3, -0.25) is 0 Å². The number of rotatable bonds is 4. The molecule has 0 aliphatic carbocycles. The van der Waals surface area contributed by atoms with E-state index < -0.39 is 0 Å². The van der Waals surface area contributed by atoms with Crippen LogP contribution in [0.3, 0.4) is 0 Å². The molecule has 0 bridgehead atoms. The summed E-state index contributed by atoms with van der Waals surface area (Å²) in [4.78, 5) is 0. The topological polar surface area (TPSA) is 0 Å². The van der Waals surface area contributed by atoms with E-state index in [1.54, 1.807) is 0 Å². The molecule has 0 saturated carbocycles. The van der Waals surface area contributed by atoms with Crippen molar-refractivity contribution in [2.24, 2.45) is 11.8 Å². The van der Waals surface area contributed by atoms with E-state index in [4.69, 9.17) is 23.2 Å². The Kier molecular flexibility index (Phi) is 5.72. The summed E-state index contributed by atoms with van der Waals surface area (Å²) >= 11 is 11.2. The van der Waals surface area contributed by atoms with E-state index in [0.29, 0.717) is 23.6 Å². The second-order valence-electron chi connectivity index (χ2n) is 2.46. The summed E-state index contributed by atoms with van der Waals surface area (Å²) in [5.74, 6) is 2.36. The molecule has 0 heterocycles. The smallest absolute Gasteiger partial charge is 0.0251 e. The highest BCUT2D eigenvalue weighted by Crippen LogP contribution is 2.12. The maximum Gasteiger partial charge on any atom is 0.0251 e. The van der Waals surface area contributed by atoms with Crippen LogP contribution < -0.4 is 0 Å². The Labute approximate surface area is 67.5 Å². The van der Waals surface area contributed by atoms with Crippen LogP contribution >= 0.6 is 23.2 Å². The summed E-state index contributed by atoms with van der Waals surface area (Å²) in [6.07, 6.45) is 2.18. The zero-order valence-electron chi connectivity index (χ0n) is 5.90. The number of hydrogen-bond donors (Lipinski definition) is 0. The summed E-state index contributed by atoms with van der Waals surface area (Å²) in [6, 6.07) is 0. The number of hydrogen-bond acceptors (Lipinski definition) is 0. The Morgan fingerprint density at radius 1 is 1.11 bits per heavy atom. The Balaban J connectivity index is 3.22. The van der Waals surface area contributed by atoms with Gasteiger partial charge in [-0.25, -0.2) is 0 Å². The van der Waals surface area contributed by atoms with Gasteiger partial charge in [-0.1, -0.05) is 13.8 Å². The lowest BCUT2D eigenvalue weighted by molar-refractivity contribution is 0.624. The molecule has 0 aliphatic rings. The minimum Gasteiger partial charge on any atom is -0.126 e. The van der Waals surface area contributed by atoms with Gasteiger partial charge in [0.1, 0.15) is 0 Å². The van der Waals surface area contributed by atoms with E-state index in [1.165, 1.54) is 0 Å². The van der Waals surface area contributed by atoms with Crippen molar-refractivity contribution >= 4 is 23.2 Å². The van der Waals surface area contributed by atoms with Gasteiger partial charge in [-0.05, 0) is 18.3 Å². The maximum atomic E-state index is 5.58. The van der Waals surface area contributed by atoms with Crippen LogP contribution in [-0.2, 0) is 0 Å². The molecule has 0 spiro atoms. The third-order valence-electron chi connectivity index (χ3n) is 1.14. The van der Waals surface area contributed by atoms with Crippen molar-refractivity contribution in [1.29, 1.82) is 0 Å². The summed E-state index contributed by atoms with van der Waals surface area (Å²) in [5, 5.41) is 0. The molecule has 2 atom stereocenters. The van der Waals surface area contributed by atoms with Gasteiger partial charge in [0.05, 0.1) is 0 Å². The second-order valence-corrected chi connectivity index (χ2v) is 3.07. The number of halogens is 2. The molecule has 0 aliphatic heterocycles. The maximum absolute atomic E-state index is 5.58. The van der Waals surface area contributed by atoms with Gasteiger partial charge in [0.15, 0.2) is 0 Å². The lowest BCUT2D eigenvalue weighted by Gasteiger charge is -2.10. The predicted octanol–water partition coefficient (Wildman–Crippen LogP) is 2.94. The molecule has 0 saturated heterocycles. The fourth-order valence-corrected chi connectivity index (χ4v) is 0.869. The highest BCUT2D eigenvalue weighted by atomic mass is 35.5. The zero-order chi connectivity index (χ0) is 7.28. The molecule has 2 unspecified atom stereocenters. The van der Waals surface area contributed by atoms with E-state index in [1.807, 2.05) is 0 Å². The monoisotopic (exact) mass is 167 g/mol. The van der Waals surface area contributed by atoms with Gasteiger partial charge in [0.2, 0.25) is 0 Å². The van der Waals surface area contributed by atoms with Crippen molar-refractivity contribution in [3.8, 4) is 0 Å². The van der Waals surface area contributed by atoms with Crippen LogP contribution in [-0.4, -0.2) is 11.8 Å². The van der Waals surface area contributed by atoms with Crippen LogP contribution in [0.4, 0.5) is 0 Å². The summed E-state index contributed by atoms with van der Waals surface area (Å²) < 4.78 is 0. The zero-order valence-corrected chi connectivity index (χ0v) is 7.41. The molecule has 0 amide bonds. The molecule has 2 heteroatoms. The summed E-state index contributed by atoms with van der Waals surface area (Å²) in [5.41, 5.74) is 0. The van der Waals surface area contributed by atoms with Crippen LogP contribution in [0.25, 0.3) is 0 Å². The Hall–Kier alpha value is 0.580. The SMILES string of the molecule is CC([CH]C(C)CCl)CCl. The largest absolute Gasteiger partial charge is 0.126 e. The first kappa shape index (κ1) is 9.58. The van der Waals surface area contributed by atoms with Crippen LogP contribution in [0.15, 0.2) is 0 Å².